The minimum absolute atomic E-state index is 0.00933. The molecule has 0 N–H and O–H groups in total. The van der Waals surface area contributed by atoms with Gasteiger partial charge in [-0.3, -0.25) is 4.79 Å². The summed E-state index contributed by atoms with van der Waals surface area (Å²) in [5, 5.41) is 8.82. The lowest BCUT2D eigenvalue weighted by Gasteiger charge is -2.11. The Kier molecular flexibility index (Phi) is 5.52. The Hall–Kier alpha value is -1.87. The van der Waals surface area contributed by atoms with Crippen molar-refractivity contribution >= 4 is 17.6 Å². The number of halogens is 3. The summed E-state index contributed by atoms with van der Waals surface area (Å²) in [6.45, 7) is -1.26. The number of alkyl halides is 2. The van der Waals surface area contributed by atoms with Crippen molar-refractivity contribution in [3.63, 3.8) is 0 Å². The molecule has 0 atom stereocenters. The van der Waals surface area contributed by atoms with Crippen molar-refractivity contribution in [2.24, 2.45) is 0 Å². The maximum Gasteiger partial charge on any atom is 0.387 e. The maximum atomic E-state index is 12.3. The van der Waals surface area contributed by atoms with Gasteiger partial charge >= 0.3 is 12.6 Å². The van der Waals surface area contributed by atoms with Crippen molar-refractivity contribution in [2.45, 2.75) is 20.0 Å². The average Bonchev–Trinajstić information content (AvgIpc) is 2.32. The number of hydrogen-bond acceptors (Lipinski definition) is 4. The molecular formula is C12H10ClF2NO3. The van der Waals surface area contributed by atoms with Gasteiger partial charge in [0.25, 0.3) is 0 Å². The molecule has 1 aromatic rings. The summed E-state index contributed by atoms with van der Waals surface area (Å²) in [7, 11) is 0. The van der Waals surface area contributed by atoms with E-state index < -0.39 is 12.6 Å². The molecule has 0 radical (unpaired) electrons. The van der Waals surface area contributed by atoms with Gasteiger partial charge in [-0.25, -0.2) is 0 Å². The van der Waals surface area contributed by atoms with E-state index in [0.717, 1.165) is 6.07 Å². The third-order valence-corrected chi connectivity index (χ3v) is 2.44. The normalized spacial score (nSPS) is 10.1. The number of esters is 1. The minimum Gasteiger partial charge on any atom is -0.466 e. The number of carbonyl (C=O) groups excluding carboxylic acids is 1. The molecule has 19 heavy (non-hydrogen) atoms. The van der Waals surface area contributed by atoms with E-state index in [1.807, 2.05) is 0 Å². The van der Waals surface area contributed by atoms with E-state index in [-0.39, 0.29) is 34.9 Å². The Bertz CT molecular complexity index is 514. The standard InChI is InChI=1S/C12H10ClF2NO3/c1-2-18-11(17)5-7-3-9(13)8(6-16)4-10(7)19-12(14)15/h3-4,12H,2,5H2,1H3. The van der Waals surface area contributed by atoms with E-state index in [1.165, 1.54) is 6.07 Å². The van der Waals surface area contributed by atoms with Gasteiger partial charge in [0.1, 0.15) is 11.8 Å². The first-order valence-electron chi connectivity index (χ1n) is 5.30. The zero-order chi connectivity index (χ0) is 14.4. The van der Waals surface area contributed by atoms with Crippen LogP contribution in [0.15, 0.2) is 12.1 Å². The van der Waals surface area contributed by atoms with Gasteiger partial charge < -0.3 is 9.47 Å². The number of hydrogen-bond donors (Lipinski definition) is 0. The molecular weight excluding hydrogens is 280 g/mol. The highest BCUT2D eigenvalue weighted by Crippen LogP contribution is 2.28. The predicted octanol–water partition coefficient (Wildman–Crippen LogP) is 2.92. The maximum absolute atomic E-state index is 12.3. The van der Waals surface area contributed by atoms with Crippen molar-refractivity contribution < 1.29 is 23.0 Å². The monoisotopic (exact) mass is 289 g/mol. The second-order valence-corrected chi connectivity index (χ2v) is 3.82. The van der Waals surface area contributed by atoms with Crippen LogP contribution in [0.2, 0.25) is 5.02 Å². The van der Waals surface area contributed by atoms with Crippen molar-refractivity contribution in [1.82, 2.24) is 0 Å². The number of benzene rings is 1. The molecule has 0 fully saturated rings. The van der Waals surface area contributed by atoms with E-state index in [1.54, 1.807) is 13.0 Å². The highest BCUT2D eigenvalue weighted by atomic mass is 35.5. The molecule has 0 bridgehead atoms. The van der Waals surface area contributed by atoms with Crippen molar-refractivity contribution in [1.29, 1.82) is 5.26 Å². The molecule has 1 rings (SSSR count). The summed E-state index contributed by atoms with van der Waals surface area (Å²) in [4.78, 5) is 11.3. The van der Waals surface area contributed by atoms with Crippen molar-refractivity contribution in [3.8, 4) is 11.8 Å². The Morgan fingerprint density at radius 1 is 1.53 bits per heavy atom. The summed E-state index contributed by atoms with van der Waals surface area (Å²) in [5.74, 6) is -0.855. The molecule has 4 nitrogen and oxygen atoms in total. The van der Waals surface area contributed by atoms with E-state index in [0.29, 0.717) is 0 Å². The molecule has 1 aromatic carbocycles. The van der Waals surface area contributed by atoms with Crippen molar-refractivity contribution in [3.05, 3.63) is 28.3 Å². The number of carbonyl (C=O) groups is 1. The lowest BCUT2D eigenvalue weighted by Crippen LogP contribution is -2.11. The molecule has 0 amide bonds. The van der Waals surface area contributed by atoms with Crippen LogP contribution in [0.5, 0.6) is 5.75 Å². The van der Waals surface area contributed by atoms with Gasteiger partial charge in [0.2, 0.25) is 0 Å². The van der Waals surface area contributed by atoms with Gasteiger partial charge in [0.05, 0.1) is 23.6 Å². The quantitative estimate of drug-likeness (QED) is 0.782. The average molecular weight is 290 g/mol. The number of nitrogens with zero attached hydrogens (tertiary/aromatic N) is 1. The van der Waals surface area contributed by atoms with E-state index in [2.05, 4.69) is 4.74 Å². The molecule has 0 unspecified atom stereocenters. The van der Waals surface area contributed by atoms with Gasteiger partial charge in [0.15, 0.2) is 0 Å². The predicted molar refractivity (Wildman–Crippen MR) is 63.1 cm³/mol. The van der Waals surface area contributed by atoms with Crippen LogP contribution in [0.25, 0.3) is 0 Å². The SMILES string of the molecule is CCOC(=O)Cc1cc(Cl)c(C#N)cc1OC(F)F. The summed E-state index contributed by atoms with van der Waals surface area (Å²) in [6.07, 6.45) is -0.263. The van der Waals surface area contributed by atoms with Crippen molar-refractivity contribution in [2.75, 3.05) is 6.61 Å². The van der Waals surface area contributed by atoms with Gasteiger partial charge in [-0.2, -0.15) is 14.0 Å². The first-order chi connectivity index (χ1) is 8.97. The Morgan fingerprint density at radius 2 is 2.21 bits per heavy atom. The third-order valence-electron chi connectivity index (χ3n) is 2.13. The lowest BCUT2D eigenvalue weighted by atomic mass is 10.1. The number of ether oxygens (including phenoxy) is 2. The third kappa shape index (κ3) is 4.38. The molecule has 0 aliphatic heterocycles. The minimum atomic E-state index is -3.06. The smallest absolute Gasteiger partial charge is 0.387 e. The van der Waals surface area contributed by atoms with E-state index >= 15 is 0 Å². The largest absolute Gasteiger partial charge is 0.466 e. The molecule has 7 heteroatoms. The van der Waals surface area contributed by atoms with Crippen LogP contribution in [-0.2, 0) is 16.0 Å². The molecule has 0 aliphatic carbocycles. The fraction of sp³-hybridized carbons (Fsp3) is 0.333. The second-order valence-electron chi connectivity index (χ2n) is 3.41. The fourth-order valence-corrected chi connectivity index (χ4v) is 1.62. The Morgan fingerprint density at radius 3 is 2.74 bits per heavy atom. The molecule has 0 aliphatic rings. The topological polar surface area (TPSA) is 59.3 Å². The molecule has 0 saturated heterocycles. The van der Waals surface area contributed by atoms with E-state index in [9.17, 15) is 13.6 Å². The van der Waals surface area contributed by atoms with Gasteiger partial charge in [-0.1, -0.05) is 11.6 Å². The molecule has 102 valence electrons. The fourth-order valence-electron chi connectivity index (χ4n) is 1.39. The van der Waals surface area contributed by atoms with Crippen LogP contribution in [0.4, 0.5) is 8.78 Å². The molecule has 0 spiro atoms. The zero-order valence-corrected chi connectivity index (χ0v) is 10.7. The number of nitriles is 1. The van der Waals surface area contributed by atoms with Crippen LogP contribution in [0, 0.1) is 11.3 Å². The second kappa shape index (κ2) is 6.90. The molecule has 0 saturated carbocycles. The van der Waals surface area contributed by atoms with Gasteiger partial charge in [-0.05, 0) is 19.1 Å². The Labute approximate surface area is 113 Å². The van der Waals surface area contributed by atoms with Crippen LogP contribution < -0.4 is 4.74 Å². The molecule has 0 aromatic heterocycles. The molecule has 0 heterocycles. The number of rotatable bonds is 5. The Balaban J connectivity index is 3.10. The summed E-state index contributed by atoms with van der Waals surface area (Å²) in [6, 6.07) is 4.06. The van der Waals surface area contributed by atoms with Crippen LogP contribution in [0.1, 0.15) is 18.1 Å². The van der Waals surface area contributed by atoms with Gasteiger partial charge in [-0.15, -0.1) is 0 Å². The summed E-state index contributed by atoms with van der Waals surface area (Å²) in [5.41, 5.74) is 0.132. The van der Waals surface area contributed by atoms with Crippen LogP contribution in [-0.4, -0.2) is 19.2 Å². The highest BCUT2D eigenvalue weighted by molar-refractivity contribution is 6.31. The van der Waals surface area contributed by atoms with Crippen LogP contribution in [0.3, 0.4) is 0 Å². The summed E-state index contributed by atoms with van der Waals surface area (Å²) >= 11 is 5.78. The first-order valence-corrected chi connectivity index (χ1v) is 5.68. The zero-order valence-electron chi connectivity index (χ0n) is 9.95. The van der Waals surface area contributed by atoms with Gasteiger partial charge in [0, 0.05) is 5.56 Å². The highest BCUT2D eigenvalue weighted by Gasteiger charge is 2.16. The lowest BCUT2D eigenvalue weighted by molar-refractivity contribution is -0.142. The summed E-state index contributed by atoms with van der Waals surface area (Å²) < 4.78 is 33.5. The van der Waals surface area contributed by atoms with Crippen LogP contribution >= 0.6 is 11.6 Å². The first kappa shape index (κ1) is 15.2. The van der Waals surface area contributed by atoms with E-state index in [4.69, 9.17) is 21.6 Å².